The fourth-order valence-electron chi connectivity index (χ4n) is 4.15. The van der Waals surface area contributed by atoms with Crippen LogP contribution in [0.5, 0.6) is 0 Å². The van der Waals surface area contributed by atoms with Gasteiger partial charge in [-0.05, 0) is 76.9 Å². The molecule has 29 heavy (non-hydrogen) atoms. The predicted octanol–water partition coefficient (Wildman–Crippen LogP) is 6.58. The van der Waals surface area contributed by atoms with Crippen molar-refractivity contribution in [1.82, 2.24) is 15.1 Å². The minimum atomic E-state index is 0.449. The van der Waals surface area contributed by atoms with E-state index in [1.807, 2.05) is 22.9 Å². The molecule has 0 unspecified atom stereocenters. The lowest BCUT2D eigenvalue weighted by Gasteiger charge is -2.21. The van der Waals surface area contributed by atoms with Gasteiger partial charge in [-0.1, -0.05) is 54.1 Å². The number of hydrogen-bond donors (Lipinski definition) is 1. The molecule has 4 aromatic rings. The molecule has 1 saturated heterocycles. The Morgan fingerprint density at radius 3 is 2.52 bits per heavy atom. The van der Waals surface area contributed by atoms with E-state index in [1.165, 1.54) is 10.8 Å². The lowest BCUT2D eigenvalue weighted by molar-refractivity contribution is 0.450. The number of rotatable bonds is 3. The third-order valence-corrected chi connectivity index (χ3v) is 6.67. The van der Waals surface area contributed by atoms with Gasteiger partial charge in [-0.25, -0.2) is 4.68 Å². The van der Waals surface area contributed by atoms with Gasteiger partial charge in [0.15, 0.2) is 0 Å². The molecule has 3 aromatic carbocycles. The zero-order valence-corrected chi connectivity index (χ0v) is 18.2. The lowest BCUT2D eigenvalue weighted by atomic mass is 9.94. The molecular formula is C24H21BrClN3. The van der Waals surface area contributed by atoms with Gasteiger partial charge in [0.1, 0.15) is 0 Å². The van der Waals surface area contributed by atoms with Crippen molar-refractivity contribution in [3.63, 3.8) is 0 Å². The van der Waals surface area contributed by atoms with Crippen LogP contribution in [-0.2, 0) is 0 Å². The van der Waals surface area contributed by atoms with Crippen LogP contribution in [0, 0.1) is 0 Å². The van der Waals surface area contributed by atoms with Gasteiger partial charge in [0.25, 0.3) is 0 Å². The van der Waals surface area contributed by atoms with Gasteiger partial charge in [0, 0.05) is 16.5 Å². The van der Waals surface area contributed by atoms with E-state index < -0.39 is 0 Å². The van der Waals surface area contributed by atoms with E-state index in [-0.39, 0.29) is 0 Å². The van der Waals surface area contributed by atoms with Gasteiger partial charge in [-0.15, -0.1) is 0 Å². The molecule has 5 rings (SSSR count). The predicted molar refractivity (Wildman–Crippen MR) is 124 cm³/mol. The van der Waals surface area contributed by atoms with Gasteiger partial charge in [0.05, 0.1) is 21.5 Å². The minimum Gasteiger partial charge on any atom is -0.317 e. The first-order chi connectivity index (χ1) is 14.2. The average Bonchev–Trinajstić information content (AvgIpc) is 3.11. The molecule has 5 heteroatoms. The Bertz CT molecular complexity index is 1180. The number of fused-ring (bicyclic) bond motifs is 1. The van der Waals surface area contributed by atoms with Crippen LogP contribution < -0.4 is 5.32 Å². The second-order valence-electron chi connectivity index (χ2n) is 7.53. The molecule has 0 spiro atoms. The highest BCUT2D eigenvalue weighted by molar-refractivity contribution is 9.10. The summed E-state index contributed by atoms with van der Waals surface area (Å²) in [4.78, 5) is 0. The molecule has 1 aliphatic rings. The Kier molecular flexibility index (Phi) is 5.17. The SMILES string of the molecule is Clc1cccc(-n2nc(C3CCNCC3)c(Br)c2-c2ccc3ccccc3c2)c1. The van der Waals surface area contributed by atoms with E-state index >= 15 is 0 Å². The smallest absolute Gasteiger partial charge is 0.0886 e. The Balaban J connectivity index is 1.72. The zero-order valence-electron chi connectivity index (χ0n) is 15.9. The van der Waals surface area contributed by atoms with Crippen LogP contribution in [0.3, 0.4) is 0 Å². The van der Waals surface area contributed by atoms with Crippen molar-refractivity contribution in [1.29, 1.82) is 0 Å². The second kappa shape index (κ2) is 7.94. The summed E-state index contributed by atoms with van der Waals surface area (Å²) in [5, 5.41) is 11.7. The second-order valence-corrected chi connectivity index (χ2v) is 8.76. The first kappa shape index (κ1) is 18.9. The highest BCUT2D eigenvalue weighted by Gasteiger charge is 2.26. The van der Waals surface area contributed by atoms with E-state index in [0.717, 1.165) is 53.0 Å². The van der Waals surface area contributed by atoms with Gasteiger partial charge >= 0.3 is 0 Å². The summed E-state index contributed by atoms with van der Waals surface area (Å²) in [5.74, 6) is 0.449. The third kappa shape index (κ3) is 3.61. The molecule has 0 saturated carbocycles. The molecule has 1 aliphatic heterocycles. The Hall–Kier alpha value is -2.14. The Labute approximate surface area is 183 Å². The lowest BCUT2D eigenvalue weighted by Crippen LogP contribution is -2.27. The van der Waals surface area contributed by atoms with Gasteiger partial charge < -0.3 is 5.32 Å². The fourth-order valence-corrected chi connectivity index (χ4v) is 5.14. The number of aromatic nitrogens is 2. The first-order valence-electron chi connectivity index (χ1n) is 9.95. The summed E-state index contributed by atoms with van der Waals surface area (Å²) in [6.45, 7) is 2.07. The van der Waals surface area contributed by atoms with Crippen LogP contribution in [0.1, 0.15) is 24.5 Å². The number of nitrogens with zero attached hydrogens (tertiary/aromatic N) is 2. The Morgan fingerprint density at radius 1 is 0.931 bits per heavy atom. The number of hydrogen-bond acceptors (Lipinski definition) is 2. The molecule has 0 aliphatic carbocycles. The summed E-state index contributed by atoms with van der Waals surface area (Å²) >= 11 is 10.2. The minimum absolute atomic E-state index is 0.449. The molecule has 1 aromatic heterocycles. The highest BCUT2D eigenvalue weighted by Crippen LogP contribution is 2.40. The molecule has 0 radical (unpaired) electrons. The van der Waals surface area contributed by atoms with Gasteiger partial charge in [-0.3, -0.25) is 0 Å². The van der Waals surface area contributed by atoms with Crippen molar-refractivity contribution < 1.29 is 0 Å². The van der Waals surface area contributed by atoms with Gasteiger partial charge in [0.2, 0.25) is 0 Å². The highest BCUT2D eigenvalue weighted by atomic mass is 79.9. The number of benzene rings is 3. The van der Waals surface area contributed by atoms with Crippen molar-refractivity contribution in [2.24, 2.45) is 0 Å². The third-order valence-electron chi connectivity index (χ3n) is 5.65. The van der Waals surface area contributed by atoms with Crippen molar-refractivity contribution in [2.75, 3.05) is 13.1 Å². The summed E-state index contributed by atoms with van der Waals surface area (Å²) in [6.07, 6.45) is 2.20. The van der Waals surface area contributed by atoms with Crippen molar-refractivity contribution in [2.45, 2.75) is 18.8 Å². The maximum atomic E-state index is 6.31. The van der Waals surface area contributed by atoms with Gasteiger partial charge in [-0.2, -0.15) is 5.10 Å². The first-order valence-corrected chi connectivity index (χ1v) is 11.1. The van der Waals surface area contributed by atoms with E-state index in [2.05, 4.69) is 69.8 Å². The van der Waals surface area contributed by atoms with E-state index in [9.17, 15) is 0 Å². The maximum Gasteiger partial charge on any atom is 0.0886 e. The molecule has 0 atom stereocenters. The molecule has 0 bridgehead atoms. The van der Waals surface area contributed by atoms with E-state index in [0.29, 0.717) is 10.9 Å². The molecular weight excluding hydrogens is 446 g/mol. The van der Waals surface area contributed by atoms with Crippen molar-refractivity contribution >= 4 is 38.3 Å². The molecule has 1 fully saturated rings. The normalized spacial score (nSPS) is 15.1. The molecule has 146 valence electrons. The van der Waals surface area contributed by atoms with Crippen LogP contribution in [-0.4, -0.2) is 22.9 Å². The number of halogens is 2. The van der Waals surface area contributed by atoms with Crippen LogP contribution in [0.15, 0.2) is 71.2 Å². The van der Waals surface area contributed by atoms with Crippen molar-refractivity contribution in [3.05, 3.63) is 81.9 Å². The fraction of sp³-hybridized carbons (Fsp3) is 0.208. The van der Waals surface area contributed by atoms with Crippen LogP contribution in [0.4, 0.5) is 0 Å². The molecule has 2 heterocycles. The van der Waals surface area contributed by atoms with Crippen LogP contribution >= 0.6 is 27.5 Å². The number of nitrogens with one attached hydrogen (secondary N) is 1. The van der Waals surface area contributed by atoms with E-state index in [4.69, 9.17) is 16.7 Å². The summed E-state index contributed by atoms with van der Waals surface area (Å²) in [5.41, 5.74) is 4.32. The molecule has 1 N–H and O–H groups in total. The number of piperidine rings is 1. The summed E-state index contributed by atoms with van der Waals surface area (Å²) < 4.78 is 3.12. The van der Waals surface area contributed by atoms with Crippen LogP contribution in [0.25, 0.3) is 27.7 Å². The summed E-state index contributed by atoms with van der Waals surface area (Å²) in [7, 11) is 0. The van der Waals surface area contributed by atoms with E-state index in [1.54, 1.807) is 0 Å². The topological polar surface area (TPSA) is 29.9 Å². The maximum absolute atomic E-state index is 6.31. The summed E-state index contributed by atoms with van der Waals surface area (Å²) in [6, 6.07) is 22.9. The van der Waals surface area contributed by atoms with Crippen molar-refractivity contribution in [3.8, 4) is 16.9 Å². The van der Waals surface area contributed by atoms with Crippen LogP contribution in [0.2, 0.25) is 5.02 Å². The monoisotopic (exact) mass is 465 g/mol. The standard InChI is InChI=1S/C24H21BrClN3/c25-22-23(17-10-12-27-13-11-17)28-29(21-7-3-6-20(26)15-21)24(22)19-9-8-16-4-1-2-5-18(16)14-19/h1-9,14-15,17,27H,10-13H2. The average molecular weight is 467 g/mol. The molecule has 3 nitrogen and oxygen atoms in total. The Morgan fingerprint density at radius 2 is 1.72 bits per heavy atom. The largest absolute Gasteiger partial charge is 0.317 e. The molecule has 0 amide bonds. The zero-order chi connectivity index (χ0) is 19.8. The quantitative estimate of drug-likeness (QED) is 0.370.